The van der Waals surface area contributed by atoms with Crippen molar-refractivity contribution in [2.45, 2.75) is 18.9 Å². The van der Waals surface area contributed by atoms with Crippen LogP contribution in [0.1, 0.15) is 12.8 Å². The first-order valence-corrected chi connectivity index (χ1v) is 7.64. The monoisotopic (exact) mass is 328 g/mol. The molecule has 1 aromatic carbocycles. The Morgan fingerprint density at radius 2 is 2.32 bits per heavy atom. The molecule has 1 aromatic rings. The summed E-state index contributed by atoms with van der Waals surface area (Å²) in [6.07, 6.45) is 2.15. The molecule has 2 rings (SSSR count). The molecule has 22 heavy (non-hydrogen) atoms. The van der Waals surface area contributed by atoms with Crippen molar-refractivity contribution in [3.63, 3.8) is 0 Å². The van der Waals surface area contributed by atoms with Gasteiger partial charge in [0.15, 0.2) is 0 Å². The first-order valence-electron chi connectivity index (χ1n) is 7.27. The minimum atomic E-state index is -0.278. The van der Waals surface area contributed by atoms with Crippen LogP contribution in [-0.4, -0.2) is 45.6 Å². The molecular weight excluding hydrogens is 308 g/mol. The van der Waals surface area contributed by atoms with Crippen LogP contribution in [0.15, 0.2) is 18.2 Å². The van der Waals surface area contributed by atoms with Crippen molar-refractivity contribution in [2.24, 2.45) is 0 Å². The largest absolute Gasteiger partial charge is 0.490 e. The zero-order valence-electron chi connectivity index (χ0n) is 12.6. The van der Waals surface area contributed by atoms with Gasteiger partial charge in [-0.3, -0.25) is 0 Å². The van der Waals surface area contributed by atoms with Gasteiger partial charge in [0.05, 0.1) is 17.7 Å². The van der Waals surface area contributed by atoms with Gasteiger partial charge in [0.1, 0.15) is 12.4 Å². The minimum absolute atomic E-state index is 0.117. The van der Waals surface area contributed by atoms with Crippen molar-refractivity contribution in [2.75, 3.05) is 38.8 Å². The van der Waals surface area contributed by atoms with Crippen molar-refractivity contribution in [1.82, 2.24) is 5.32 Å². The smallest absolute Gasteiger partial charge is 0.319 e. The van der Waals surface area contributed by atoms with E-state index in [9.17, 15) is 4.79 Å². The van der Waals surface area contributed by atoms with E-state index in [4.69, 9.17) is 25.8 Å². The first kappa shape index (κ1) is 16.9. The number of ether oxygens (including phenoxy) is 3. The SMILES string of the molecule is COCCOc1ccc(NC(=O)NC[C@@H]2CCCO2)cc1Cl. The van der Waals surface area contributed by atoms with Crippen molar-refractivity contribution in [1.29, 1.82) is 0 Å². The first-order chi connectivity index (χ1) is 10.7. The Balaban J connectivity index is 1.79. The molecule has 2 amide bonds. The van der Waals surface area contributed by atoms with Gasteiger partial charge in [0, 0.05) is 25.9 Å². The molecule has 0 aliphatic carbocycles. The second kappa shape index (κ2) is 8.82. The summed E-state index contributed by atoms with van der Waals surface area (Å²) in [7, 11) is 1.60. The summed E-state index contributed by atoms with van der Waals surface area (Å²) in [5, 5.41) is 5.95. The fraction of sp³-hybridized carbons (Fsp3) is 0.533. The number of carbonyl (C=O) groups is 1. The number of hydrogen-bond donors (Lipinski definition) is 2. The van der Waals surface area contributed by atoms with Gasteiger partial charge in [0.2, 0.25) is 0 Å². The molecule has 7 heteroatoms. The maximum absolute atomic E-state index is 11.8. The molecule has 1 atom stereocenters. The average molecular weight is 329 g/mol. The summed E-state index contributed by atoms with van der Waals surface area (Å²) in [6.45, 7) is 2.19. The van der Waals surface area contributed by atoms with Crippen LogP contribution in [0.3, 0.4) is 0 Å². The van der Waals surface area contributed by atoms with Crippen LogP contribution in [0, 0.1) is 0 Å². The fourth-order valence-electron chi connectivity index (χ4n) is 2.12. The summed E-state index contributed by atoms with van der Waals surface area (Å²) >= 11 is 6.11. The third-order valence-corrected chi connectivity index (χ3v) is 3.54. The van der Waals surface area contributed by atoms with E-state index in [1.54, 1.807) is 25.3 Å². The highest BCUT2D eigenvalue weighted by molar-refractivity contribution is 6.32. The maximum atomic E-state index is 11.8. The van der Waals surface area contributed by atoms with Gasteiger partial charge in [0.25, 0.3) is 0 Å². The van der Waals surface area contributed by atoms with E-state index in [2.05, 4.69) is 10.6 Å². The van der Waals surface area contributed by atoms with Gasteiger partial charge in [-0.05, 0) is 31.0 Å². The third kappa shape index (κ3) is 5.36. The zero-order chi connectivity index (χ0) is 15.8. The number of methoxy groups -OCH3 is 1. The lowest BCUT2D eigenvalue weighted by Crippen LogP contribution is -2.35. The molecule has 6 nitrogen and oxygen atoms in total. The van der Waals surface area contributed by atoms with Crippen molar-refractivity contribution in [3.8, 4) is 5.75 Å². The Hall–Kier alpha value is -1.50. The van der Waals surface area contributed by atoms with Crippen molar-refractivity contribution in [3.05, 3.63) is 23.2 Å². The van der Waals surface area contributed by atoms with Crippen LogP contribution in [0.4, 0.5) is 10.5 Å². The fourth-order valence-corrected chi connectivity index (χ4v) is 2.35. The number of anilines is 1. The third-order valence-electron chi connectivity index (χ3n) is 3.25. The van der Waals surface area contributed by atoms with Crippen LogP contribution in [0.2, 0.25) is 5.02 Å². The molecule has 1 saturated heterocycles. The summed E-state index contributed by atoms with van der Waals surface area (Å²) < 4.78 is 15.8. The molecule has 0 radical (unpaired) electrons. The second-order valence-electron chi connectivity index (χ2n) is 4.96. The van der Waals surface area contributed by atoms with Crippen molar-refractivity contribution < 1.29 is 19.0 Å². The van der Waals surface area contributed by atoms with E-state index in [1.165, 1.54) is 0 Å². The predicted octanol–water partition coefficient (Wildman–Crippen LogP) is 2.67. The Labute approximate surface area is 135 Å². The maximum Gasteiger partial charge on any atom is 0.319 e. The van der Waals surface area contributed by atoms with E-state index in [0.29, 0.717) is 36.2 Å². The van der Waals surface area contributed by atoms with Gasteiger partial charge >= 0.3 is 6.03 Å². The van der Waals surface area contributed by atoms with Crippen molar-refractivity contribution >= 4 is 23.3 Å². The summed E-state index contributed by atoms with van der Waals surface area (Å²) in [6, 6.07) is 4.82. The number of amides is 2. The van der Waals surface area contributed by atoms with Gasteiger partial charge in [-0.2, -0.15) is 0 Å². The molecule has 0 unspecified atom stereocenters. The lowest BCUT2D eigenvalue weighted by molar-refractivity contribution is 0.112. The molecule has 0 saturated carbocycles. The number of nitrogens with one attached hydrogen (secondary N) is 2. The van der Waals surface area contributed by atoms with Crippen LogP contribution in [-0.2, 0) is 9.47 Å². The molecule has 0 bridgehead atoms. The Morgan fingerprint density at radius 1 is 1.45 bits per heavy atom. The van der Waals surface area contributed by atoms with E-state index in [0.717, 1.165) is 19.4 Å². The highest BCUT2D eigenvalue weighted by atomic mass is 35.5. The highest BCUT2D eigenvalue weighted by Crippen LogP contribution is 2.27. The Morgan fingerprint density at radius 3 is 3.00 bits per heavy atom. The molecule has 0 aromatic heterocycles. The lowest BCUT2D eigenvalue weighted by atomic mass is 10.2. The second-order valence-corrected chi connectivity index (χ2v) is 5.36. The molecular formula is C15H21ClN2O4. The summed E-state index contributed by atoms with van der Waals surface area (Å²) in [5.74, 6) is 0.559. The number of halogens is 1. The topological polar surface area (TPSA) is 68.8 Å². The zero-order valence-corrected chi connectivity index (χ0v) is 13.3. The van der Waals surface area contributed by atoms with Crippen LogP contribution >= 0.6 is 11.6 Å². The lowest BCUT2D eigenvalue weighted by Gasteiger charge is -2.13. The average Bonchev–Trinajstić information content (AvgIpc) is 3.01. The van der Waals surface area contributed by atoms with E-state index in [1.807, 2.05) is 0 Å². The standard InChI is InChI=1S/C15H21ClN2O4/c1-20-7-8-22-14-5-4-11(9-13(14)16)18-15(19)17-10-12-3-2-6-21-12/h4-5,9,12H,2-3,6-8,10H2,1H3,(H2,17,18,19)/t12-/m0/s1. The predicted molar refractivity (Wildman–Crippen MR) is 84.8 cm³/mol. The number of benzene rings is 1. The van der Waals surface area contributed by atoms with E-state index < -0.39 is 0 Å². The van der Waals surface area contributed by atoms with Crippen LogP contribution < -0.4 is 15.4 Å². The van der Waals surface area contributed by atoms with Crippen LogP contribution in [0.25, 0.3) is 0 Å². The number of hydrogen-bond acceptors (Lipinski definition) is 4. The molecule has 1 fully saturated rings. The Bertz CT molecular complexity index is 492. The van der Waals surface area contributed by atoms with Gasteiger partial charge in [-0.1, -0.05) is 11.6 Å². The number of carbonyl (C=O) groups excluding carboxylic acids is 1. The molecule has 1 aliphatic rings. The molecule has 0 spiro atoms. The van der Waals surface area contributed by atoms with Gasteiger partial charge < -0.3 is 24.8 Å². The normalized spacial score (nSPS) is 17.3. The summed E-state index contributed by atoms with van der Waals surface area (Å²) in [4.78, 5) is 11.8. The minimum Gasteiger partial charge on any atom is -0.490 e. The Kier molecular flexibility index (Phi) is 6.76. The number of urea groups is 1. The van der Waals surface area contributed by atoms with Gasteiger partial charge in [-0.15, -0.1) is 0 Å². The number of rotatable bonds is 7. The molecule has 1 heterocycles. The molecule has 122 valence electrons. The van der Waals surface area contributed by atoms with Crippen LogP contribution in [0.5, 0.6) is 5.75 Å². The summed E-state index contributed by atoms with van der Waals surface area (Å²) in [5.41, 5.74) is 0.605. The quantitative estimate of drug-likeness (QED) is 0.755. The van der Waals surface area contributed by atoms with E-state index >= 15 is 0 Å². The molecule has 2 N–H and O–H groups in total. The highest BCUT2D eigenvalue weighted by Gasteiger charge is 2.16. The van der Waals surface area contributed by atoms with Gasteiger partial charge in [-0.25, -0.2) is 4.79 Å². The molecule has 1 aliphatic heterocycles. The van der Waals surface area contributed by atoms with E-state index in [-0.39, 0.29) is 12.1 Å².